The van der Waals surface area contributed by atoms with Crippen LogP contribution in [0.5, 0.6) is 0 Å². The second-order valence-electron chi connectivity index (χ2n) is 10.7. The van der Waals surface area contributed by atoms with Gasteiger partial charge in [0.15, 0.2) is 0 Å². The first kappa shape index (κ1) is 20.4. The summed E-state index contributed by atoms with van der Waals surface area (Å²) in [4.78, 5) is 29.7. The summed E-state index contributed by atoms with van der Waals surface area (Å²) >= 11 is 0. The molecule has 0 aromatic heterocycles. The van der Waals surface area contributed by atoms with Crippen LogP contribution < -0.4 is 0 Å². The second kappa shape index (κ2) is 7.77. The lowest BCUT2D eigenvalue weighted by molar-refractivity contribution is -0.134. The van der Waals surface area contributed by atoms with Gasteiger partial charge in [0.25, 0.3) is 0 Å². The van der Waals surface area contributed by atoms with Gasteiger partial charge in [-0.25, -0.2) is 0 Å². The number of carbonyl (C=O) groups excluding carboxylic acids is 2. The van der Waals surface area contributed by atoms with Gasteiger partial charge in [0, 0.05) is 39.0 Å². The maximum atomic E-state index is 12.8. The van der Waals surface area contributed by atoms with E-state index in [9.17, 15) is 9.59 Å². The zero-order valence-electron chi connectivity index (χ0n) is 18.4. The molecule has 0 bridgehead atoms. The van der Waals surface area contributed by atoms with E-state index in [4.69, 9.17) is 0 Å². The standard InChI is InChI=1S/C25H36N2O2/c1-24(2,3)18-23(29)27-14-10-25(11-15-27)17-19(20-8-4-5-9-21(20)25)16-22(28)26-12-6-7-13-26/h4-5,8-9,19H,6-7,10-18H2,1-3H3/t19-/m1/s1. The van der Waals surface area contributed by atoms with Gasteiger partial charge in [0.2, 0.25) is 11.8 Å². The predicted molar refractivity (Wildman–Crippen MR) is 116 cm³/mol. The van der Waals surface area contributed by atoms with Gasteiger partial charge in [-0.15, -0.1) is 0 Å². The van der Waals surface area contributed by atoms with E-state index in [2.05, 4.69) is 54.8 Å². The van der Waals surface area contributed by atoms with Crippen LogP contribution in [0.1, 0.15) is 82.8 Å². The summed E-state index contributed by atoms with van der Waals surface area (Å²) < 4.78 is 0. The molecular formula is C25H36N2O2. The van der Waals surface area contributed by atoms with Crippen LogP contribution in [0.15, 0.2) is 24.3 Å². The normalized spacial score (nSPS) is 23.5. The lowest BCUT2D eigenvalue weighted by atomic mass is 9.73. The Morgan fingerprint density at radius 2 is 1.59 bits per heavy atom. The highest BCUT2D eigenvalue weighted by molar-refractivity contribution is 5.78. The Labute approximate surface area is 175 Å². The summed E-state index contributed by atoms with van der Waals surface area (Å²) in [5, 5.41) is 0. The number of rotatable bonds is 3. The van der Waals surface area contributed by atoms with E-state index in [1.165, 1.54) is 11.1 Å². The van der Waals surface area contributed by atoms with Crippen molar-refractivity contribution in [2.24, 2.45) is 5.41 Å². The lowest BCUT2D eigenvalue weighted by Crippen LogP contribution is -2.45. The molecule has 158 valence electrons. The van der Waals surface area contributed by atoms with E-state index in [-0.39, 0.29) is 10.8 Å². The zero-order valence-corrected chi connectivity index (χ0v) is 18.4. The van der Waals surface area contributed by atoms with Crippen LogP contribution in [0.4, 0.5) is 0 Å². The van der Waals surface area contributed by atoms with Gasteiger partial charge in [0.1, 0.15) is 0 Å². The van der Waals surface area contributed by atoms with Crippen molar-refractivity contribution in [2.75, 3.05) is 26.2 Å². The van der Waals surface area contributed by atoms with E-state index in [1.807, 2.05) is 0 Å². The van der Waals surface area contributed by atoms with Crippen molar-refractivity contribution in [3.8, 4) is 0 Å². The number of piperidine rings is 1. The fraction of sp³-hybridized carbons (Fsp3) is 0.680. The molecule has 0 unspecified atom stereocenters. The van der Waals surface area contributed by atoms with Crippen molar-refractivity contribution in [1.82, 2.24) is 9.80 Å². The minimum absolute atomic E-state index is 0.0349. The van der Waals surface area contributed by atoms with Crippen molar-refractivity contribution in [2.45, 2.75) is 77.0 Å². The maximum Gasteiger partial charge on any atom is 0.223 e. The minimum Gasteiger partial charge on any atom is -0.343 e. The number of carbonyl (C=O) groups is 2. The largest absolute Gasteiger partial charge is 0.343 e. The topological polar surface area (TPSA) is 40.6 Å². The number of hydrogen-bond acceptors (Lipinski definition) is 2. The highest BCUT2D eigenvalue weighted by atomic mass is 16.2. The summed E-state index contributed by atoms with van der Waals surface area (Å²) in [5.74, 6) is 0.952. The quantitative estimate of drug-likeness (QED) is 0.756. The minimum atomic E-state index is 0.0349. The van der Waals surface area contributed by atoms with Crippen molar-refractivity contribution < 1.29 is 9.59 Å². The highest BCUT2D eigenvalue weighted by Crippen LogP contribution is 2.52. The van der Waals surface area contributed by atoms with Gasteiger partial charge in [-0.05, 0) is 60.0 Å². The van der Waals surface area contributed by atoms with E-state index in [0.29, 0.717) is 30.6 Å². The molecule has 0 saturated carbocycles. The molecule has 2 saturated heterocycles. The molecule has 4 heteroatoms. The molecule has 1 aromatic rings. The summed E-state index contributed by atoms with van der Waals surface area (Å²) in [6, 6.07) is 8.78. The summed E-state index contributed by atoms with van der Waals surface area (Å²) in [6.45, 7) is 9.95. The molecule has 29 heavy (non-hydrogen) atoms. The Kier molecular flexibility index (Phi) is 5.48. The van der Waals surface area contributed by atoms with Crippen molar-refractivity contribution in [1.29, 1.82) is 0 Å². The first-order valence-corrected chi connectivity index (χ1v) is 11.4. The lowest BCUT2D eigenvalue weighted by Gasteiger charge is -2.41. The van der Waals surface area contributed by atoms with Gasteiger partial charge < -0.3 is 9.80 Å². The van der Waals surface area contributed by atoms with Crippen LogP contribution in [0.2, 0.25) is 0 Å². The van der Waals surface area contributed by atoms with Gasteiger partial charge in [-0.1, -0.05) is 45.0 Å². The number of fused-ring (bicyclic) bond motifs is 2. The zero-order chi connectivity index (χ0) is 20.6. The Bertz CT molecular complexity index is 765. The van der Waals surface area contributed by atoms with Gasteiger partial charge in [-0.2, -0.15) is 0 Å². The smallest absolute Gasteiger partial charge is 0.223 e. The molecule has 4 nitrogen and oxygen atoms in total. The monoisotopic (exact) mass is 396 g/mol. The van der Waals surface area contributed by atoms with E-state index in [0.717, 1.165) is 58.3 Å². The number of hydrogen-bond donors (Lipinski definition) is 0. The first-order chi connectivity index (χ1) is 13.8. The molecule has 1 aromatic carbocycles. The third kappa shape index (κ3) is 4.22. The Morgan fingerprint density at radius 1 is 0.966 bits per heavy atom. The predicted octanol–water partition coefficient (Wildman–Crippen LogP) is 4.48. The Balaban J connectivity index is 1.46. The number of amides is 2. The molecule has 1 atom stereocenters. The van der Waals surface area contributed by atoms with Gasteiger partial charge in [0.05, 0.1) is 0 Å². The maximum absolute atomic E-state index is 12.8. The molecule has 2 amide bonds. The van der Waals surface area contributed by atoms with Crippen molar-refractivity contribution in [3.63, 3.8) is 0 Å². The average Bonchev–Trinajstić information content (AvgIpc) is 3.30. The average molecular weight is 397 g/mol. The van der Waals surface area contributed by atoms with E-state index < -0.39 is 0 Å². The van der Waals surface area contributed by atoms with E-state index >= 15 is 0 Å². The Hall–Kier alpha value is -1.84. The van der Waals surface area contributed by atoms with Gasteiger partial charge in [-0.3, -0.25) is 9.59 Å². The van der Waals surface area contributed by atoms with Crippen LogP contribution in [-0.2, 0) is 15.0 Å². The number of likely N-dealkylation sites (tertiary alicyclic amines) is 2. The molecule has 0 radical (unpaired) electrons. The summed E-state index contributed by atoms with van der Waals surface area (Å²) in [7, 11) is 0. The number of nitrogens with zero attached hydrogens (tertiary/aromatic N) is 2. The van der Waals surface area contributed by atoms with Crippen LogP contribution in [-0.4, -0.2) is 47.8 Å². The summed E-state index contributed by atoms with van der Waals surface area (Å²) in [6.07, 6.45) is 6.66. The molecule has 3 aliphatic rings. The van der Waals surface area contributed by atoms with Crippen LogP contribution in [0.3, 0.4) is 0 Å². The molecular weight excluding hydrogens is 360 g/mol. The summed E-state index contributed by atoms with van der Waals surface area (Å²) in [5.41, 5.74) is 3.01. The molecule has 1 aliphatic carbocycles. The molecule has 2 heterocycles. The highest BCUT2D eigenvalue weighted by Gasteiger charge is 2.46. The van der Waals surface area contributed by atoms with Crippen LogP contribution >= 0.6 is 0 Å². The van der Waals surface area contributed by atoms with Gasteiger partial charge >= 0.3 is 0 Å². The number of benzene rings is 1. The third-order valence-electron chi connectivity index (χ3n) is 7.24. The van der Waals surface area contributed by atoms with E-state index in [1.54, 1.807) is 0 Å². The SMILES string of the molecule is CC(C)(C)CC(=O)N1CCC2(CC1)C[C@@H](CC(=O)N1CCCC1)c1ccccc12. The van der Waals surface area contributed by atoms with Crippen LogP contribution in [0, 0.1) is 5.41 Å². The first-order valence-electron chi connectivity index (χ1n) is 11.4. The molecule has 4 rings (SSSR count). The molecule has 2 fully saturated rings. The third-order valence-corrected chi connectivity index (χ3v) is 7.24. The fourth-order valence-electron chi connectivity index (χ4n) is 5.74. The Morgan fingerprint density at radius 3 is 2.24 bits per heavy atom. The molecule has 0 N–H and O–H groups in total. The second-order valence-corrected chi connectivity index (χ2v) is 10.7. The van der Waals surface area contributed by atoms with Crippen LogP contribution in [0.25, 0.3) is 0 Å². The molecule has 2 aliphatic heterocycles. The van der Waals surface area contributed by atoms with Crippen molar-refractivity contribution >= 4 is 11.8 Å². The fourth-order valence-corrected chi connectivity index (χ4v) is 5.74. The molecule has 1 spiro atoms. The van der Waals surface area contributed by atoms with Crippen molar-refractivity contribution in [3.05, 3.63) is 35.4 Å².